The Morgan fingerprint density at radius 3 is 2.29 bits per heavy atom. The number of piperidine rings is 1. The molecule has 0 spiro atoms. The minimum atomic E-state index is -0.700. The number of benzene rings is 3. The second-order valence-electron chi connectivity index (χ2n) is 17.3. The Morgan fingerprint density at radius 2 is 1.58 bits per heavy atom. The molecule has 15 nitrogen and oxygen atoms in total. The van der Waals surface area contributed by atoms with Crippen molar-refractivity contribution >= 4 is 45.8 Å². The fraction of sp³-hybridized carbons (Fsp3) is 0.455. The molecule has 2 aliphatic carbocycles. The molecule has 11 rings (SSSR count). The molecule has 6 aliphatic rings. The van der Waals surface area contributed by atoms with E-state index in [4.69, 9.17) is 24.2 Å². The first-order valence-corrected chi connectivity index (χ1v) is 20.6. The molecule has 4 N–H and O–H groups in total. The molecule has 15 heteroatoms. The van der Waals surface area contributed by atoms with Crippen LogP contribution in [0.5, 0.6) is 5.75 Å². The average Bonchev–Trinajstić information content (AvgIpc) is 3.67. The first-order valence-electron chi connectivity index (χ1n) is 20.6. The number of imidazole rings is 2. The zero-order valence-electron chi connectivity index (χ0n) is 33.9. The lowest BCUT2D eigenvalue weighted by Crippen LogP contribution is -2.51. The van der Waals surface area contributed by atoms with Gasteiger partial charge >= 0.3 is 12.2 Å². The van der Waals surface area contributed by atoms with Crippen molar-refractivity contribution in [2.45, 2.75) is 77.4 Å². The summed E-state index contributed by atoms with van der Waals surface area (Å²) in [5, 5.41) is 7.50. The molecule has 5 fully saturated rings. The van der Waals surface area contributed by atoms with Crippen LogP contribution >= 0.6 is 0 Å². The maximum Gasteiger partial charge on any atom is 0.407 e. The summed E-state index contributed by atoms with van der Waals surface area (Å²) in [4.78, 5) is 72.5. The van der Waals surface area contributed by atoms with E-state index in [1.807, 2.05) is 49.8 Å². The number of hydrogen-bond donors (Lipinski definition) is 4. The molecule has 5 aromatic rings. The number of carbonyl (C=O) groups is 4. The number of amides is 4. The minimum absolute atomic E-state index is 0.0888. The molecule has 3 aromatic carbocycles. The van der Waals surface area contributed by atoms with Gasteiger partial charge in [-0.1, -0.05) is 45.9 Å². The van der Waals surface area contributed by atoms with Gasteiger partial charge in [0, 0.05) is 23.5 Å². The van der Waals surface area contributed by atoms with Gasteiger partial charge in [0.25, 0.3) is 0 Å². The summed E-state index contributed by atoms with van der Waals surface area (Å²) in [7, 11) is 2.60. The molecule has 3 saturated heterocycles. The van der Waals surface area contributed by atoms with Gasteiger partial charge in [-0.25, -0.2) is 19.6 Å². The van der Waals surface area contributed by atoms with E-state index in [2.05, 4.69) is 57.0 Å². The molecule has 4 aliphatic heterocycles. The number of carbonyl (C=O) groups excluding carboxylic acids is 4. The van der Waals surface area contributed by atoms with Crippen LogP contribution < -0.4 is 15.4 Å². The van der Waals surface area contributed by atoms with Crippen LogP contribution in [0.4, 0.5) is 9.59 Å². The van der Waals surface area contributed by atoms with E-state index in [0.29, 0.717) is 36.7 Å². The van der Waals surface area contributed by atoms with E-state index in [-0.39, 0.29) is 41.8 Å². The van der Waals surface area contributed by atoms with Crippen LogP contribution in [0.3, 0.4) is 0 Å². The van der Waals surface area contributed by atoms with Crippen LogP contribution in [-0.4, -0.2) is 92.6 Å². The Bertz CT molecular complexity index is 2550. The molecular formula is C44H48N8O7. The van der Waals surface area contributed by atoms with Crippen molar-refractivity contribution in [2.75, 3.05) is 20.8 Å². The van der Waals surface area contributed by atoms with Gasteiger partial charge in [0.1, 0.15) is 36.1 Å². The molecule has 2 saturated carbocycles. The number of hydrogen-bond acceptors (Lipinski definition) is 9. The third-order valence-electron chi connectivity index (χ3n) is 13.3. The molecule has 59 heavy (non-hydrogen) atoms. The summed E-state index contributed by atoms with van der Waals surface area (Å²) < 4.78 is 16.0. The highest BCUT2D eigenvalue weighted by Gasteiger charge is 2.86. The monoisotopic (exact) mass is 800 g/mol. The van der Waals surface area contributed by atoms with Crippen molar-refractivity contribution in [2.24, 2.45) is 29.6 Å². The number of likely N-dealkylation sites (tertiary alicyclic amines) is 1. The highest BCUT2D eigenvalue weighted by molar-refractivity contribution is 6.07. The molecule has 2 aromatic heterocycles. The summed E-state index contributed by atoms with van der Waals surface area (Å²) in [6.07, 6.45) is 2.18. The van der Waals surface area contributed by atoms with E-state index >= 15 is 0 Å². The second kappa shape index (κ2) is 13.7. The largest absolute Gasteiger partial charge is 0.488 e. The van der Waals surface area contributed by atoms with E-state index in [1.54, 1.807) is 0 Å². The smallest absolute Gasteiger partial charge is 0.407 e. The van der Waals surface area contributed by atoms with Crippen molar-refractivity contribution in [3.8, 4) is 28.1 Å². The summed E-state index contributed by atoms with van der Waals surface area (Å²) in [5.41, 5.74) is 6.69. The molecule has 2 bridgehead atoms. The van der Waals surface area contributed by atoms with Gasteiger partial charge in [-0.05, 0) is 88.8 Å². The van der Waals surface area contributed by atoms with Gasteiger partial charge < -0.3 is 44.6 Å². The quantitative estimate of drug-likeness (QED) is 0.135. The minimum Gasteiger partial charge on any atom is -0.488 e. The number of H-pyrrole nitrogens is 2. The van der Waals surface area contributed by atoms with Crippen LogP contribution in [0.25, 0.3) is 44.2 Å². The first-order chi connectivity index (χ1) is 28.5. The number of alkyl carbamates (subject to hydrolysis) is 2. The highest BCUT2D eigenvalue weighted by atomic mass is 16.5. The Hall–Kier alpha value is -6.12. The number of aromatic amines is 2. The van der Waals surface area contributed by atoms with Gasteiger partial charge in [0.15, 0.2) is 0 Å². The molecule has 8 atom stereocenters. The van der Waals surface area contributed by atoms with Gasteiger partial charge in [-0.3, -0.25) is 9.59 Å². The van der Waals surface area contributed by atoms with Crippen LogP contribution in [0.1, 0.15) is 69.8 Å². The predicted molar refractivity (Wildman–Crippen MR) is 217 cm³/mol. The fourth-order valence-corrected chi connectivity index (χ4v) is 10.1. The molecule has 306 valence electrons. The van der Waals surface area contributed by atoms with E-state index in [1.165, 1.54) is 14.2 Å². The van der Waals surface area contributed by atoms with Gasteiger partial charge in [0.2, 0.25) is 11.8 Å². The lowest BCUT2D eigenvalue weighted by molar-refractivity contribution is -0.136. The predicted octanol–water partition coefficient (Wildman–Crippen LogP) is 6.22. The summed E-state index contributed by atoms with van der Waals surface area (Å²) in [5.74, 6) is 3.22. The van der Waals surface area contributed by atoms with Gasteiger partial charge in [0.05, 0.1) is 49.2 Å². The lowest BCUT2D eigenvalue weighted by Gasteiger charge is -2.30. The van der Waals surface area contributed by atoms with Crippen molar-refractivity contribution in [3.05, 3.63) is 65.9 Å². The number of aromatic nitrogens is 4. The third-order valence-corrected chi connectivity index (χ3v) is 13.3. The molecular weight excluding hydrogens is 753 g/mol. The Kier molecular flexibility index (Phi) is 8.65. The number of fused-ring (bicyclic) bond motifs is 7. The Morgan fingerprint density at radius 1 is 0.847 bits per heavy atom. The van der Waals surface area contributed by atoms with Gasteiger partial charge in [-0.15, -0.1) is 0 Å². The summed E-state index contributed by atoms with van der Waals surface area (Å²) in [6, 6.07) is 13.1. The van der Waals surface area contributed by atoms with Crippen molar-refractivity contribution in [1.29, 1.82) is 0 Å². The van der Waals surface area contributed by atoms with E-state index < -0.39 is 24.3 Å². The maximum absolute atomic E-state index is 14.0. The fourth-order valence-electron chi connectivity index (χ4n) is 10.1. The molecule has 2 unspecified atom stereocenters. The number of nitrogens with one attached hydrogen (secondary N) is 4. The lowest BCUT2D eigenvalue weighted by atomic mass is 9.92. The summed E-state index contributed by atoms with van der Waals surface area (Å²) in [6.45, 7) is 8.64. The van der Waals surface area contributed by atoms with Crippen molar-refractivity contribution < 1.29 is 33.4 Å². The van der Waals surface area contributed by atoms with E-state index in [9.17, 15) is 19.2 Å². The van der Waals surface area contributed by atoms with Crippen LogP contribution in [0.15, 0.2) is 48.7 Å². The average molecular weight is 801 g/mol. The van der Waals surface area contributed by atoms with E-state index in [0.717, 1.165) is 74.2 Å². The van der Waals surface area contributed by atoms with Crippen LogP contribution in [-0.2, 0) is 25.7 Å². The van der Waals surface area contributed by atoms with Crippen molar-refractivity contribution in [1.82, 2.24) is 40.4 Å². The molecule has 4 amide bonds. The van der Waals surface area contributed by atoms with Crippen molar-refractivity contribution in [3.63, 3.8) is 0 Å². The normalized spacial score (nSPS) is 24.3. The first kappa shape index (κ1) is 37.2. The topological polar surface area (TPSA) is 184 Å². The Labute approximate surface area is 340 Å². The molecule has 6 heterocycles. The number of methoxy groups -OCH3 is 2. The SMILES string of the molecule is COC(=O)N[C@H](C(=O)N1CCC[C@H]1c1ncc(-c2ccc3c(c2)COc2cc4c(ccc5nc([C@@H]6C7C8[C@H]7[C@@H]8N6C(=O)[C@@H](NC(=O)OC)C(C)C)[nH]c54)cc2-3)[nH]1)C(C)C. The third kappa shape index (κ3) is 5.90. The van der Waals surface area contributed by atoms with Crippen LogP contribution in [0.2, 0.25) is 0 Å². The highest BCUT2D eigenvalue weighted by Crippen LogP contribution is 2.81. The molecule has 0 radical (unpaired) electrons. The Balaban J connectivity index is 0.902. The zero-order valence-corrected chi connectivity index (χ0v) is 33.9. The zero-order chi connectivity index (χ0) is 41.0. The standard InChI is InChI=1S/C44H48N8O7/c1-19(2)34(49-43(55)57-5)41(53)51-13-7-8-29(51)39-45-17-28(47-39)22-9-11-24-23(14-22)18-59-30-16-25-21(15-26(24)30)10-12-27-36(25)48-40(46-27)38-33-31-32(33)37(31)52(38)42(54)35(20(3)4)50-44(56)58-6/h9-12,14-17,19-20,29,31-35,37-38H,7-8,13,18H2,1-6H3,(H,45,47)(H,46,48)(H,49,55)(H,50,56)/t29-,31+,32?,33?,34-,35-,37-,38-/m0/s1. The second-order valence-corrected chi connectivity index (χ2v) is 17.3. The van der Waals surface area contributed by atoms with Gasteiger partial charge in [-0.2, -0.15) is 0 Å². The van der Waals surface area contributed by atoms with Crippen LogP contribution in [0, 0.1) is 29.6 Å². The maximum atomic E-state index is 14.0. The summed E-state index contributed by atoms with van der Waals surface area (Å²) >= 11 is 0. The number of rotatable bonds is 9. The number of ether oxygens (including phenoxy) is 3. The number of nitrogens with zero attached hydrogens (tertiary/aromatic N) is 4.